The van der Waals surface area contributed by atoms with Crippen molar-refractivity contribution in [3.63, 3.8) is 0 Å². The molecular formula is C60H94O6. The summed E-state index contributed by atoms with van der Waals surface area (Å²) in [6.45, 7) is 35.4. The molecular weight excluding hydrogens is 817 g/mol. The summed E-state index contributed by atoms with van der Waals surface area (Å²) in [5.74, 6) is 5.13. The second-order valence-corrected chi connectivity index (χ2v) is 29.0. The van der Waals surface area contributed by atoms with Crippen molar-refractivity contribution in [1.82, 2.24) is 0 Å². The molecule has 10 aliphatic carbocycles. The van der Waals surface area contributed by atoms with Crippen LogP contribution in [0.25, 0.3) is 0 Å². The molecule has 0 aromatic carbocycles. The van der Waals surface area contributed by atoms with Gasteiger partial charge in [-0.25, -0.2) is 0 Å². The summed E-state index contributed by atoms with van der Waals surface area (Å²) >= 11 is 0. The van der Waals surface area contributed by atoms with Gasteiger partial charge in [-0.2, -0.15) is 0 Å². The number of allylic oxidation sites excluding steroid dienone is 1. The smallest absolute Gasteiger partial charge is 0.309 e. The van der Waals surface area contributed by atoms with E-state index in [2.05, 4.69) is 96.6 Å². The van der Waals surface area contributed by atoms with E-state index in [0.717, 1.165) is 96.3 Å². The summed E-state index contributed by atoms with van der Waals surface area (Å²) in [6, 6.07) is 0. The van der Waals surface area contributed by atoms with Crippen molar-refractivity contribution >= 4 is 23.5 Å². The lowest BCUT2D eigenvalue weighted by atomic mass is 9.32. The standard InChI is InChI=1S/C30H48O3.C30H46O3/c2*1-18(2)19-10-15-30(25(32)33)17-16-28(6)20(24(19)30)8-9-22-27(5)13-12-23(31)26(3,4)21(27)11-14-29(22,28)7/h18-22,24H,8-17H2,1-7H3,(H,32,33);19-22,24H,1,8-17H2,2-7H3,(H,32,33)/t2*19-,20?,21?,22?,24?,27-,28+,29+,30-/m00/s1. The van der Waals surface area contributed by atoms with Gasteiger partial charge in [-0.3, -0.25) is 19.2 Å². The summed E-state index contributed by atoms with van der Waals surface area (Å²) in [5, 5.41) is 21.0. The molecule has 0 aromatic rings. The summed E-state index contributed by atoms with van der Waals surface area (Å²) in [6.07, 6.45) is 20.6. The minimum Gasteiger partial charge on any atom is -0.481 e. The molecule has 10 rings (SSSR count). The predicted octanol–water partition coefficient (Wildman–Crippen LogP) is 14.7. The highest BCUT2D eigenvalue weighted by Gasteiger charge is 2.74. The Morgan fingerprint density at radius 3 is 1.32 bits per heavy atom. The Balaban J connectivity index is 0.000000166. The molecule has 0 aromatic heterocycles. The van der Waals surface area contributed by atoms with Gasteiger partial charge in [-0.05, 0) is 220 Å². The van der Waals surface area contributed by atoms with Crippen molar-refractivity contribution in [1.29, 1.82) is 0 Å². The maximum Gasteiger partial charge on any atom is 0.309 e. The third-order valence-electron chi connectivity index (χ3n) is 26.8. The molecule has 18 atom stereocenters. The minimum absolute atomic E-state index is 0.164. The van der Waals surface area contributed by atoms with Gasteiger partial charge in [0.15, 0.2) is 0 Å². The number of aliphatic carboxylic acids is 2. The molecule has 66 heavy (non-hydrogen) atoms. The molecule has 10 saturated carbocycles. The van der Waals surface area contributed by atoms with E-state index in [-0.39, 0.29) is 49.2 Å². The minimum atomic E-state index is -0.547. The number of carbonyl (C=O) groups is 4. The molecule has 6 nitrogen and oxygen atoms in total. The van der Waals surface area contributed by atoms with Crippen LogP contribution in [0.3, 0.4) is 0 Å². The fourth-order valence-corrected chi connectivity index (χ4v) is 22.9. The monoisotopic (exact) mass is 911 g/mol. The van der Waals surface area contributed by atoms with Crippen LogP contribution in [0, 0.1) is 119 Å². The Labute approximate surface area is 401 Å². The molecule has 0 radical (unpaired) electrons. The van der Waals surface area contributed by atoms with Crippen LogP contribution in [0.4, 0.5) is 0 Å². The van der Waals surface area contributed by atoms with Gasteiger partial charge in [-0.1, -0.05) is 95.2 Å². The Bertz CT molecular complexity index is 2050. The fourth-order valence-electron chi connectivity index (χ4n) is 22.9. The SMILES string of the molecule is C=C(C)[C@@H]1CC[C@]2(C(=O)O)CC[C@]3(C)C(CCC4[C@@]5(C)CCC(=O)C(C)(C)C5CC[C@]43C)C12.CC(C)[C@@H]1CC[C@]2(C(=O)O)CC[C@]3(C)C(CCC4[C@@]5(C)CCC(=O)C(C)(C)C5CC[C@]43C)C12. The lowest BCUT2D eigenvalue weighted by molar-refractivity contribution is -0.237. The molecule has 0 aliphatic heterocycles. The number of carbonyl (C=O) groups excluding carboxylic acids is 2. The first-order valence-corrected chi connectivity index (χ1v) is 27.7. The molecule has 370 valence electrons. The molecule has 8 unspecified atom stereocenters. The summed E-state index contributed by atoms with van der Waals surface area (Å²) in [7, 11) is 0. The predicted molar refractivity (Wildman–Crippen MR) is 263 cm³/mol. The number of Topliss-reactive ketones (excluding diaryl/α,β-unsaturated/α-hetero) is 2. The zero-order valence-corrected chi connectivity index (χ0v) is 44.2. The van der Waals surface area contributed by atoms with Gasteiger partial charge in [0, 0.05) is 23.7 Å². The molecule has 0 amide bonds. The van der Waals surface area contributed by atoms with E-state index >= 15 is 0 Å². The molecule has 6 heteroatoms. The van der Waals surface area contributed by atoms with E-state index in [1.807, 2.05) is 0 Å². The van der Waals surface area contributed by atoms with E-state index in [1.54, 1.807) is 0 Å². The molecule has 0 spiro atoms. The zero-order valence-electron chi connectivity index (χ0n) is 44.2. The van der Waals surface area contributed by atoms with Crippen molar-refractivity contribution in [2.24, 2.45) is 119 Å². The maximum absolute atomic E-state index is 12.9. The molecule has 0 saturated heterocycles. The van der Waals surface area contributed by atoms with E-state index in [4.69, 9.17) is 0 Å². The maximum atomic E-state index is 12.9. The fraction of sp³-hybridized carbons (Fsp3) is 0.900. The van der Waals surface area contributed by atoms with Gasteiger partial charge in [0.1, 0.15) is 11.6 Å². The first kappa shape index (κ1) is 49.0. The quantitative estimate of drug-likeness (QED) is 0.272. The van der Waals surface area contributed by atoms with Crippen molar-refractivity contribution in [3.8, 4) is 0 Å². The first-order chi connectivity index (χ1) is 30.5. The Morgan fingerprint density at radius 2 is 0.909 bits per heavy atom. The van der Waals surface area contributed by atoms with Crippen molar-refractivity contribution in [2.45, 2.75) is 218 Å². The number of ketones is 2. The van der Waals surface area contributed by atoms with Crippen molar-refractivity contribution in [2.75, 3.05) is 0 Å². The summed E-state index contributed by atoms with van der Waals surface area (Å²) in [5.41, 5.74) is 1.02. The number of carboxylic acid groups (broad SMARTS) is 2. The molecule has 0 bridgehead atoms. The normalized spacial score (nSPS) is 52.9. The van der Waals surface area contributed by atoms with Crippen LogP contribution in [0.15, 0.2) is 12.2 Å². The van der Waals surface area contributed by atoms with Gasteiger partial charge in [0.2, 0.25) is 0 Å². The molecule has 2 N–H and O–H groups in total. The van der Waals surface area contributed by atoms with Crippen LogP contribution in [0.1, 0.15) is 218 Å². The highest BCUT2D eigenvalue weighted by atomic mass is 16.4. The number of hydrogen-bond acceptors (Lipinski definition) is 4. The zero-order chi connectivity index (χ0) is 48.4. The number of hydrogen-bond donors (Lipinski definition) is 2. The average Bonchev–Trinajstić information content (AvgIpc) is 3.84. The topological polar surface area (TPSA) is 109 Å². The van der Waals surface area contributed by atoms with Crippen LogP contribution < -0.4 is 0 Å². The second kappa shape index (κ2) is 15.3. The molecule has 10 aliphatic rings. The average molecular weight is 911 g/mol. The highest BCUT2D eigenvalue weighted by Crippen LogP contribution is 2.79. The van der Waals surface area contributed by atoms with Gasteiger partial charge in [0.05, 0.1) is 10.8 Å². The third kappa shape index (κ3) is 6.01. The second-order valence-electron chi connectivity index (χ2n) is 29.0. The van der Waals surface area contributed by atoms with Crippen LogP contribution in [-0.2, 0) is 19.2 Å². The lowest BCUT2D eigenvalue weighted by Crippen LogP contribution is -2.66. The lowest BCUT2D eigenvalue weighted by Gasteiger charge is -2.72. The van der Waals surface area contributed by atoms with Gasteiger partial charge in [-0.15, -0.1) is 0 Å². The largest absolute Gasteiger partial charge is 0.481 e. The van der Waals surface area contributed by atoms with Crippen LogP contribution in [0.5, 0.6) is 0 Å². The summed E-state index contributed by atoms with van der Waals surface area (Å²) in [4.78, 5) is 51.3. The molecule has 10 fully saturated rings. The first-order valence-electron chi connectivity index (χ1n) is 27.7. The van der Waals surface area contributed by atoms with E-state index < -0.39 is 22.8 Å². The van der Waals surface area contributed by atoms with Gasteiger partial charge in [0.25, 0.3) is 0 Å². The van der Waals surface area contributed by atoms with Gasteiger partial charge >= 0.3 is 11.9 Å². The van der Waals surface area contributed by atoms with Crippen molar-refractivity contribution < 1.29 is 29.4 Å². The number of rotatable bonds is 4. The van der Waals surface area contributed by atoms with E-state index in [0.29, 0.717) is 70.7 Å². The Kier molecular flexibility index (Phi) is 11.3. The van der Waals surface area contributed by atoms with Crippen LogP contribution in [0.2, 0.25) is 0 Å². The van der Waals surface area contributed by atoms with Crippen molar-refractivity contribution in [3.05, 3.63) is 12.2 Å². The Hall–Kier alpha value is -1.98. The highest BCUT2D eigenvalue weighted by molar-refractivity contribution is 5.86. The third-order valence-corrected chi connectivity index (χ3v) is 26.8. The van der Waals surface area contributed by atoms with E-state index in [9.17, 15) is 29.4 Å². The number of carboxylic acids is 2. The van der Waals surface area contributed by atoms with Gasteiger partial charge < -0.3 is 10.2 Å². The molecule has 0 heterocycles. The van der Waals surface area contributed by atoms with E-state index in [1.165, 1.54) is 37.7 Å². The number of fused-ring (bicyclic) bond motifs is 14. The van der Waals surface area contributed by atoms with Crippen LogP contribution >= 0.6 is 0 Å². The Morgan fingerprint density at radius 1 is 0.500 bits per heavy atom. The summed E-state index contributed by atoms with van der Waals surface area (Å²) < 4.78 is 0. The van der Waals surface area contributed by atoms with Crippen LogP contribution in [-0.4, -0.2) is 33.7 Å².